The van der Waals surface area contributed by atoms with Crippen molar-refractivity contribution in [3.8, 4) is 0 Å². The molecule has 0 fully saturated rings. The van der Waals surface area contributed by atoms with E-state index in [2.05, 4.69) is 6.58 Å². The third-order valence-electron chi connectivity index (χ3n) is 1.35. The standard InChI is InChI=1S/C9H17NO3.ClH/c1-7(6-10(3,4)5)13-9(12)8(2)11;/h7H,2,6H2,1,3-5H3;1H. The Morgan fingerprint density at radius 1 is 1.50 bits per heavy atom. The minimum atomic E-state index is -0.749. The zero-order valence-corrected chi connectivity index (χ0v) is 9.84. The summed E-state index contributed by atoms with van der Waals surface area (Å²) in [5.74, 6) is -1.30. The predicted molar refractivity (Wildman–Crippen MR) is 50.2 cm³/mol. The smallest absolute Gasteiger partial charge is 0.373 e. The van der Waals surface area contributed by atoms with E-state index in [0.29, 0.717) is 11.0 Å². The van der Waals surface area contributed by atoms with Crippen LogP contribution in [0.2, 0.25) is 0 Å². The Bertz CT molecular complexity index is 211. The van der Waals surface area contributed by atoms with Crippen LogP contribution in [0.1, 0.15) is 6.92 Å². The average molecular weight is 224 g/mol. The van der Waals surface area contributed by atoms with Crippen LogP contribution >= 0.6 is 0 Å². The van der Waals surface area contributed by atoms with Gasteiger partial charge < -0.3 is 26.7 Å². The lowest BCUT2D eigenvalue weighted by molar-refractivity contribution is -0.873. The van der Waals surface area contributed by atoms with Crippen LogP contribution in [-0.2, 0) is 9.53 Å². The van der Waals surface area contributed by atoms with Crippen LogP contribution in [0.25, 0.3) is 0 Å². The lowest BCUT2D eigenvalue weighted by Crippen LogP contribution is -3.00. The maximum Gasteiger partial charge on any atom is 0.373 e. The molecule has 0 aromatic rings. The summed E-state index contributed by atoms with van der Waals surface area (Å²) >= 11 is 0. The first-order valence-electron chi connectivity index (χ1n) is 4.11. The van der Waals surface area contributed by atoms with Crippen molar-refractivity contribution in [3.05, 3.63) is 12.3 Å². The van der Waals surface area contributed by atoms with Gasteiger partial charge in [-0.15, -0.1) is 0 Å². The molecule has 0 saturated heterocycles. The molecule has 1 N–H and O–H groups in total. The lowest BCUT2D eigenvalue weighted by Gasteiger charge is -2.27. The van der Waals surface area contributed by atoms with E-state index in [1.807, 2.05) is 21.1 Å². The minimum Gasteiger partial charge on any atom is -1.00 e. The van der Waals surface area contributed by atoms with Crippen molar-refractivity contribution in [2.24, 2.45) is 0 Å². The number of aliphatic hydroxyl groups excluding tert-OH is 1. The van der Waals surface area contributed by atoms with E-state index in [4.69, 9.17) is 9.84 Å². The maximum absolute atomic E-state index is 10.9. The molecule has 1 atom stereocenters. The number of hydrogen-bond acceptors (Lipinski definition) is 3. The fourth-order valence-corrected chi connectivity index (χ4v) is 1.06. The number of esters is 1. The van der Waals surface area contributed by atoms with Gasteiger partial charge >= 0.3 is 5.97 Å². The van der Waals surface area contributed by atoms with E-state index in [1.54, 1.807) is 6.92 Å². The van der Waals surface area contributed by atoms with Gasteiger partial charge in [-0.25, -0.2) is 4.79 Å². The number of halogens is 1. The highest BCUT2D eigenvalue weighted by Crippen LogP contribution is 2.01. The van der Waals surface area contributed by atoms with Gasteiger partial charge in [0, 0.05) is 0 Å². The van der Waals surface area contributed by atoms with Gasteiger partial charge in [0.2, 0.25) is 0 Å². The fourth-order valence-electron chi connectivity index (χ4n) is 1.06. The van der Waals surface area contributed by atoms with Crippen molar-refractivity contribution in [2.45, 2.75) is 13.0 Å². The van der Waals surface area contributed by atoms with Crippen LogP contribution in [0.5, 0.6) is 0 Å². The van der Waals surface area contributed by atoms with Gasteiger partial charge in [-0.2, -0.15) is 0 Å². The minimum absolute atomic E-state index is 0. The quantitative estimate of drug-likeness (QED) is 0.252. The molecule has 0 aliphatic heterocycles. The first-order chi connectivity index (χ1) is 5.72. The first kappa shape index (κ1) is 15.7. The van der Waals surface area contributed by atoms with E-state index < -0.39 is 11.7 Å². The summed E-state index contributed by atoms with van der Waals surface area (Å²) in [7, 11) is 5.99. The van der Waals surface area contributed by atoms with Crippen molar-refractivity contribution < 1.29 is 31.5 Å². The number of aliphatic hydroxyl groups is 1. The van der Waals surface area contributed by atoms with E-state index >= 15 is 0 Å². The molecule has 5 heteroatoms. The first-order valence-corrected chi connectivity index (χ1v) is 4.11. The highest BCUT2D eigenvalue weighted by atomic mass is 35.5. The van der Waals surface area contributed by atoms with Gasteiger partial charge in [0.15, 0.2) is 5.76 Å². The molecule has 0 aliphatic carbocycles. The van der Waals surface area contributed by atoms with Crippen molar-refractivity contribution in [3.63, 3.8) is 0 Å². The summed E-state index contributed by atoms with van der Waals surface area (Å²) in [5.41, 5.74) is 0. The molecule has 84 valence electrons. The Kier molecular flexibility index (Phi) is 6.60. The van der Waals surface area contributed by atoms with Crippen molar-refractivity contribution in [1.82, 2.24) is 0 Å². The topological polar surface area (TPSA) is 46.5 Å². The largest absolute Gasteiger partial charge is 1.00 e. The molecule has 0 saturated carbocycles. The third kappa shape index (κ3) is 7.89. The number of hydrogen-bond donors (Lipinski definition) is 1. The van der Waals surface area contributed by atoms with Crippen molar-refractivity contribution >= 4 is 5.97 Å². The van der Waals surface area contributed by atoms with Crippen LogP contribution < -0.4 is 12.4 Å². The molecule has 0 aromatic heterocycles. The highest BCUT2D eigenvalue weighted by molar-refractivity contribution is 5.85. The van der Waals surface area contributed by atoms with Gasteiger partial charge in [0.1, 0.15) is 12.6 Å². The van der Waals surface area contributed by atoms with Crippen LogP contribution in [0.15, 0.2) is 12.3 Å². The summed E-state index contributed by atoms with van der Waals surface area (Å²) in [6.45, 7) is 5.56. The van der Waals surface area contributed by atoms with Crippen LogP contribution in [-0.4, -0.2) is 49.4 Å². The number of likely N-dealkylation sites (N-methyl/N-ethyl adjacent to an activating group) is 1. The van der Waals surface area contributed by atoms with Gasteiger partial charge in [0.05, 0.1) is 21.1 Å². The summed E-state index contributed by atoms with van der Waals surface area (Å²) < 4.78 is 5.58. The van der Waals surface area contributed by atoms with Gasteiger partial charge in [0.25, 0.3) is 0 Å². The monoisotopic (exact) mass is 223 g/mol. The Morgan fingerprint density at radius 3 is 2.21 bits per heavy atom. The molecular formula is C9H18ClNO3. The number of rotatable bonds is 4. The van der Waals surface area contributed by atoms with E-state index in [1.165, 1.54) is 0 Å². The number of quaternary nitrogens is 1. The van der Waals surface area contributed by atoms with E-state index in [-0.39, 0.29) is 18.5 Å². The van der Waals surface area contributed by atoms with Crippen LogP contribution in [0, 0.1) is 0 Å². The van der Waals surface area contributed by atoms with E-state index in [9.17, 15) is 4.79 Å². The zero-order valence-electron chi connectivity index (χ0n) is 9.08. The fraction of sp³-hybridized carbons (Fsp3) is 0.667. The molecule has 0 rings (SSSR count). The lowest BCUT2D eigenvalue weighted by atomic mass is 10.3. The molecular weight excluding hydrogens is 206 g/mol. The molecule has 0 heterocycles. The number of ether oxygens (including phenoxy) is 1. The molecule has 0 amide bonds. The second-order valence-electron chi connectivity index (χ2n) is 4.14. The van der Waals surface area contributed by atoms with Crippen molar-refractivity contribution in [1.29, 1.82) is 0 Å². The molecule has 0 spiro atoms. The summed E-state index contributed by atoms with van der Waals surface area (Å²) in [6.07, 6.45) is -0.226. The van der Waals surface area contributed by atoms with Crippen molar-refractivity contribution in [2.75, 3.05) is 27.7 Å². The van der Waals surface area contributed by atoms with Gasteiger partial charge in [-0.1, -0.05) is 0 Å². The molecule has 0 aliphatic rings. The van der Waals surface area contributed by atoms with E-state index in [0.717, 1.165) is 0 Å². The van der Waals surface area contributed by atoms with Crippen LogP contribution in [0.3, 0.4) is 0 Å². The second kappa shape index (κ2) is 5.88. The van der Waals surface area contributed by atoms with Gasteiger partial charge in [-0.3, -0.25) is 0 Å². The van der Waals surface area contributed by atoms with Crippen LogP contribution in [0.4, 0.5) is 0 Å². The number of nitrogens with zero attached hydrogens (tertiary/aromatic N) is 1. The molecule has 1 unspecified atom stereocenters. The Morgan fingerprint density at radius 2 is 1.93 bits per heavy atom. The normalized spacial score (nSPS) is 12.6. The Hall–Kier alpha value is -0.740. The molecule has 4 nitrogen and oxygen atoms in total. The Labute approximate surface area is 91.2 Å². The molecule has 14 heavy (non-hydrogen) atoms. The highest BCUT2D eigenvalue weighted by Gasteiger charge is 2.18. The average Bonchev–Trinajstić information content (AvgIpc) is 1.81. The Balaban J connectivity index is 0. The summed E-state index contributed by atoms with van der Waals surface area (Å²) in [4.78, 5) is 10.9. The zero-order chi connectivity index (χ0) is 10.6. The number of carbonyl (C=O) groups is 1. The summed E-state index contributed by atoms with van der Waals surface area (Å²) in [5, 5.41) is 8.69. The predicted octanol–water partition coefficient (Wildman–Crippen LogP) is -2.30. The molecule has 0 radical (unpaired) electrons. The number of carbonyl (C=O) groups excluding carboxylic acids is 1. The molecule has 0 aromatic carbocycles. The third-order valence-corrected chi connectivity index (χ3v) is 1.35. The SMILES string of the molecule is C=C(O)C(=O)OC(C)C[N+](C)(C)C.[Cl-]. The summed E-state index contributed by atoms with van der Waals surface area (Å²) in [6, 6.07) is 0. The maximum atomic E-state index is 10.9. The van der Waals surface area contributed by atoms with Gasteiger partial charge in [-0.05, 0) is 13.5 Å². The molecule has 0 bridgehead atoms. The second-order valence-corrected chi connectivity index (χ2v) is 4.14.